The lowest BCUT2D eigenvalue weighted by molar-refractivity contribution is 0.101. The number of ether oxygens (including phenoxy) is 1. The molecule has 0 bridgehead atoms. The van der Waals surface area contributed by atoms with Crippen LogP contribution in [0.4, 0.5) is 5.82 Å². The maximum absolute atomic E-state index is 11.4. The number of fused-ring (bicyclic) bond motifs is 1. The molecule has 4 heteroatoms. The van der Waals surface area contributed by atoms with Crippen LogP contribution in [-0.4, -0.2) is 37.1 Å². The maximum atomic E-state index is 11.4. The highest BCUT2D eigenvalue weighted by Crippen LogP contribution is 2.20. The normalized spacial score (nSPS) is 15.7. The van der Waals surface area contributed by atoms with Gasteiger partial charge in [0.1, 0.15) is 5.82 Å². The van der Waals surface area contributed by atoms with E-state index in [1.165, 1.54) is 0 Å². The molecule has 1 aromatic carbocycles. The van der Waals surface area contributed by atoms with Gasteiger partial charge in [-0.05, 0) is 37.3 Å². The van der Waals surface area contributed by atoms with Gasteiger partial charge in [0.05, 0.1) is 18.7 Å². The third-order valence-corrected chi connectivity index (χ3v) is 3.42. The molecule has 0 atom stereocenters. The van der Waals surface area contributed by atoms with Crippen molar-refractivity contribution in [3.8, 4) is 0 Å². The number of carbonyl (C=O) groups is 1. The Balaban J connectivity index is 1.97. The molecular weight excluding hydrogens is 240 g/mol. The fourth-order valence-corrected chi connectivity index (χ4v) is 2.30. The summed E-state index contributed by atoms with van der Waals surface area (Å²) in [7, 11) is 0. The van der Waals surface area contributed by atoms with Crippen LogP contribution in [0.1, 0.15) is 17.3 Å². The molecule has 1 aliphatic rings. The van der Waals surface area contributed by atoms with Gasteiger partial charge in [-0.25, -0.2) is 4.98 Å². The molecule has 0 spiro atoms. The molecule has 1 saturated heterocycles. The Morgan fingerprint density at radius 1 is 1.21 bits per heavy atom. The Hall–Kier alpha value is -1.94. The first-order chi connectivity index (χ1) is 9.24. The number of Topliss-reactive ketones (excluding diaryl/α,β-unsaturated/α-hetero) is 1. The van der Waals surface area contributed by atoms with Crippen molar-refractivity contribution in [2.45, 2.75) is 6.92 Å². The summed E-state index contributed by atoms with van der Waals surface area (Å²) >= 11 is 0. The van der Waals surface area contributed by atoms with Crippen molar-refractivity contribution in [1.29, 1.82) is 0 Å². The van der Waals surface area contributed by atoms with Crippen molar-refractivity contribution >= 4 is 22.5 Å². The summed E-state index contributed by atoms with van der Waals surface area (Å²) in [4.78, 5) is 18.2. The number of morpholine rings is 1. The summed E-state index contributed by atoms with van der Waals surface area (Å²) in [6.45, 7) is 4.84. The van der Waals surface area contributed by atoms with E-state index in [-0.39, 0.29) is 5.78 Å². The van der Waals surface area contributed by atoms with E-state index in [2.05, 4.69) is 9.88 Å². The Labute approximate surface area is 112 Å². The number of nitrogens with zero attached hydrogens (tertiary/aromatic N) is 2. The van der Waals surface area contributed by atoms with Crippen LogP contribution in [0.15, 0.2) is 30.3 Å². The van der Waals surface area contributed by atoms with E-state index in [0.717, 1.165) is 48.6 Å². The number of aromatic nitrogens is 1. The molecule has 98 valence electrons. The molecule has 0 aliphatic carbocycles. The molecule has 3 rings (SSSR count). The summed E-state index contributed by atoms with van der Waals surface area (Å²) in [5, 5.41) is 1.00. The Morgan fingerprint density at radius 2 is 2.00 bits per heavy atom. The zero-order valence-electron chi connectivity index (χ0n) is 10.9. The van der Waals surface area contributed by atoms with Crippen LogP contribution in [0.25, 0.3) is 10.9 Å². The van der Waals surface area contributed by atoms with Crippen molar-refractivity contribution < 1.29 is 9.53 Å². The summed E-state index contributed by atoms with van der Waals surface area (Å²) in [5.41, 5.74) is 1.66. The first kappa shape index (κ1) is 12.1. The molecule has 0 N–H and O–H groups in total. The smallest absolute Gasteiger partial charge is 0.159 e. The SMILES string of the molecule is CC(=O)c1ccc2nc(N3CCOCC3)ccc2c1. The number of carbonyl (C=O) groups excluding carboxylic acids is 1. The van der Waals surface area contributed by atoms with Crippen LogP contribution in [0.2, 0.25) is 0 Å². The van der Waals surface area contributed by atoms with E-state index in [0.29, 0.717) is 0 Å². The minimum absolute atomic E-state index is 0.0826. The van der Waals surface area contributed by atoms with Crippen LogP contribution in [-0.2, 0) is 4.74 Å². The second-order valence-corrected chi connectivity index (χ2v) is 4.73. The molecular formula is C15H16N2O2. The predicted octanol–water partition coefficient (Wildman–Crippen LogP) is 2.27. The Morgan fingerprint density at radius 3 is 2.74 bits per heavy atom. The van der Waals surface area contributed by atoms with Gasteiger partial charge in [0, 0.05) is 24.0 Å². The second kappa shape index (κ2) is 4.97. The van der Waals surface area contributed by atoms with Crippen molar-refractivity contribution in [3.63, 3.8) is 0 Å². The lowest BCUT2D eigenvalue weighted by Crippen LogP contribution is -2.36. The van der Waals surface area contributed by atoms with Gasteiger partial charge >= 0.3 is 0 Å². The zero-order chi connectivity index (χ0) is 13.2. The second-order valence-electron chi connectivity index (χ2n) is 4.73. The molecule has 1 fully saturated rings. The number of hydrogen-bond donors (Lipinski definition) is 0. The lowest BCUT2D eigenvalue weighted by Gasteiger charge is -2.27. The number of rotatable bonds is 2. The molecule has 1 aliphatic heterocycles. The highest BCUT2D eigenvalue weighted by molar-refractivity contribution is 5.98. The molecule has 1 aromatic heterocycles. The fourth-order valence-electron chi connectivity index (χ4n) is 2.30. The third-order valence-electron chi connectivity index (χ3n) is 3.42. The monoisotopic (exact) mass is 256 g/mol. The molecule has 0 radical (unpaired) electrons. The number of anilines is 1. The molecule has 2 heterocycles. The van der Waals surface area contributed by atoms with Gasteiger partial charge in [0.25, 0.3) is 0 Å². The lowest BCUT2D eigenvalue weighted by atomic mass is 10.1. The minimum atomic E-state index is 0.0826. The maximum Gasteiger partial charge on any atom is 0.159 e. The third kappa shape index (κ3) is 2.44. The number of benzene rings is 1. The standard InChI is InChI=1S/C15H16N2O2/c1-11(18)12-2-4-14-13(10-12)3-5-15(16-14)17-6-8-19-9-7-17/h2-5,10H,6-9H2,1H3. The van der Waals surface area contributed by atoms with Crippen LogP contribution in [0.5, 0.6) is 0 Å². The van der Waals surface area contributed by atoms with Crippen molar-refractivity contribution in [3.05, 3.63) is 35.9 Å². The molecule has 0 amide bonds. The van der Waals surface area contributed by atoms with Gasteiger partial charge in [-0.1, -0.05) is 0 Å². The molecule has 19 heavy (non-hydrogen) atoms. The molecule has 0 unspecified atom stereocenters. The van der Waals surface area contributed by atoms with E-state index in [4.69, 9.17) is 4.74 Å². The zero-order valence-corrected chi connectivity index (χ0v) is 10.9. The molecule has 2 aromatic rings. The minimum Gasteiger partial charge on any atom is -0.378 e. The summed E-state index contributed by atoms with van der Waals surface area (Å²) in [6.07, 6.45) is 0. The van der Waals surface area contributed by atoms with Gasteiger partial charge < -0.3 is 9.64 Å². The number of hydrogen-bond acceptors (Lipinski definition) is 4. The summed E-state index contributed by atoms with van der Waals surface area (Å²) < 4.78 is 5.34. The summed E-state index contributed by atoms with van der Waals surface area (Å²) in [6, 6.07) is 9.68. The van der Waals surface area contributed by atoms with Gasteiger partial charge in [-0.2, -0.15) is 0 Å². The summed E-state index contributed by atoms with van der Waals surface area (Å²) in [5.74, 6) is 1.06. The topological polar surface area (TPSA) is 42.4 Å². The van der Waals surface area contributed by atoms with Gasteiger partial charge in [-0.3, -0.25) is 4.79 Å². The average molecular weight is 256 g/mol. The van der Waals surface area contributed by atoms with Crippen LogP contribution >= 0.6 is 0 Å². The van der Waals surface area contributed by atoms with Gasteiger partial charge in [0.2, 0.25) is 0 Å². The van der Waals surface area contributed by atoms with E-state index >= 15 is 0 Å². The fraction of sp³-hybridized carbons (Fsp3) is 0.333. The highest BCUT2D eigenvalue weighted by Gasteiger charge is 2.12. The van der Waals surface area contributed by atoms with E-state index < -0.39 is 0 Å². The van der Waals surface area contributed by atoms with Crippen LogP contribution in [0, 0.1) is 0 Å². The van der Waals surface area contributed by atoms with Crippen molar-refractivity contribution in [1.82, 2.24) is 4.98 Å². The Kier molecular flexibility index (Phi) is 3.17. The van der Waals surface area contributed by atoms with Crippen LogP contribution in [0.3, 0.4) is 0 Å². The Bertz CT molecular complexity index is 619. The van der Waals surface area contributed by atoms with Crippen LogP contribution < -0.4 is 4.90 Å². The van der Waals surface area contributed by atoms with Crippen molar-refractivity contribution in [2.75, 3.05) is 31.2 Å². The number of pyridine rings is 1. The van der Waals surface area contributed by atoms with Crippen molar-refractivity contribution in [2.24, 2.45) is 0 Å². The number of ketones is 1. The van der Waals surface area contributed by atoms with Gasteiger partial charge in [-0.15, -0.1) is 0 Å². The van der Waals surface area contributed by atoms with Gasteiger partial charge in [0.15, 0.2) is 5.78 Å². The van der Waals surface area contributed by atoms with E-state index in [1.807, 2.05) is 30.3 Å². The van der Waals surface area contributed by atoms with E-state index in [1.54, 1.807) is 6.92 Å². The largest absolute Gasteiger partial charge is 0.378 e. The predicted molar refractivity (Wildman–Crippen MR) is 74.8 cm³/mol. The first-order valence-corrected chi connectivity index (χ1v) is 6.48. The van der Waals surface area contributed by atoms with E-state index in [9.17, 15) is 4.79 Å². The molecule has 4 nitrogen and oxygen atoms in total. The highest BCUT2D eigenvalue weighted by atomic mass is 16.5. The first-order valence-electron chi connectivity index (χ1n) is 6.48. The average Bonchev–Trinajstić information content (AvgIpc) is 2.47. The molecule has 0 saturated carbocycles. The quantitative estimate of drug-likeness (QED) is 0.773.